The van der Waals surface area contributed by atoms with Gasteiger partial charge in [-0.2, -0.15) is 0 Å². The Morgan fingerprint density at radius 1 is 1.05 bits per heavy atom. The van der Waals surface area contributed by atoms with Crippen LogP contribution in [0.2, 0.25) is 0 Å². The van der Waals surface area contributed by atoms with Crippen LogP contribution >= 0.6 is 11.3 Å². The number of pyridine rings is 1. The lowest BCUT2D eigenvalue weighted by Crippen LogP contribution is -2.29. The van der Waals surface area contributed by atoms with Crippen molar-refractivity contribution in [1.82, 2.24) is 20.7 Å². The molecule has 0 fully saturated rings. The van der Waals surface area contributed by atoms with Gasteiger partial charge in [-0.05, 0) is 61.4 Å². The molecule has 2 heterocycles. The number of thiophene rings is 1. The molecule has 0 spiro atoms. The van der Waals surface area contributed by atoms with Gasteiger partial charge < -0.3 is 36.9 Å². The second-order valence-corrected chi connectivity index (χ2v) is 9.49. The van der Waals surface area contributed by atoms with Crippen molar-refractivity contribution < 1.29 is 4.79 Å². The predicted octanol–water partition coefficient (Wildman–Crippen LogP) is 4.61. The number of carbonyl (C=O) groups is 1. The van der Waals surface area contributed by atoms with Crippen LogP contribution in [0, 0.1) is 5.21 Å². The maximum absolute atomic E-state index is 13.1. The summed E-state index contributed by atoms with van der Waals surface area (Å²) in [7, 11) is 3.96. The van der Waals surface area contributed by atoms with Crippen LogP contribution in [0.3, 0.4) is 0 Å². The largest absolute Gasteiger partial charge is 0.761 e. The van der Waals surface area contributed by atoms with Gasteiger partial charge in [0.05, 0.1) is 11.2 Å². The molecular formula is C27H30N7O2S-. The zero-order valence-electron chi connectivity index (χ0n) is 20.7. The molecule has 0 unspecified atom stereocenters. The molecule has 4 aromatic rings. The van der Waals surface area contributed by atoms with Crippen molar-refractivity contribution in [2.45, 2.75) is 6.54 Å². The van der Waals surface area contributed by atoms with E-state index in [1.807, 2.05) is 85.0 Å². The summed E-state index contributed by atoms with van der Waals surface area (Å²) in [4.78, 5) is 20.2. The molecule has 0 saturated heterocycles. The Hall–Kier alpha value is -4.12. The van der Waals surface area contributed by atoms with Gasteiger partial charge in [-0.15, -0.1) is 11.3 Å². The fourth-order valence-electron chi connectivity index (χ4n) is 3.75. The number of anilines is 3. The number of nitrogens with one attached hydrogen (secondary N) is 5. The zero-order chi connectivity index (χ0) is 26.0. The fraction of sp³-hybridized carbons (Fsp3) is 0.185. The number of hydroxylamine groups is 1. The quantitative estimate of drug-likeness (QED) is 0.173. The third-order valence-corrected chi connectivity index (χ3v) is 6.47. The zero-order valence-corrected chi connectivity index (χ0v) is 21.6. The van der Waals surface area contributed by atoms with Crippen LogP contribution in [0.5, 0.6) is 0 Å². The molecule has 0 saturated carbocycles. The summed E-state index contributed by atoms with van der Waals surface area (Å²) in [5, 5.41) is 26.6. The van der Waals surface area contributed by atoms with Crippen molar-refractivity contribution in [3.63, 3.8) is 0 Å². The second kappa shape index (κ2) is 12.7. The molecule has 0 aliphatic heterocycles. The third kappa shape index (κ3) is 7.20. The van der Waals surface area contributed by atoms with Crippen molar-refractivity contribution in [3.8, 4) is 0 Å². The molecule has 5 N–H and O–H groups in total. The molecule has 0 bridgehead atoms. The van der Waals surface area contributed by atoms with Crippen molar-refractivity contribution in [2.75, 3.05) is 43.1 Å². The van der Waals surface area contributed by atoms with E-state index < -0.39 is 0 Å². The summed E-state index contributed by atoms with van der Waals surface area (Å²) < 4.78 is 0. The number of hydrogen-bond donors (Lipinski definition) is 5. The molecule has 2 aromatic carbocycles. The maximum Gasteiger partial charge on any atom is 0.267 e. The monoisotopic (exact) mass is 516 g/mol. The first-order valence-electron chi connectivity index (χ1n) is 11.8. The molecule has 1 amide bonds. The Morgan fingerprint density at radius 2 is 1.86 bits per heavy atom. The highest BCUT2D eigenvalue weighted by molar-refractivity contribution is 7.12. The number of fused-ring (bicyclic) bond motifs is 1. The van der Waals surface area contributed by atoms with E-state index in [2.05, 4.69) is 26.3 Å². The number of amides is 1. The fourth-order valence-corrected chi connectivity index (χ4v) is 4.51. The van der Waals surface area contributed by atoms with Crippen molar-refractivity contribution in [3.05, 3.63) is 99.9 Å². The van der Waals surface area contributed by atoms with Crippen LogP contribution in [-0.2, 0) is 6.54 Å². The highest BCUT2D eigenvalue weighted by Crippen LogP contribution is 2.26. The van der Waals surface area contributed by atoms with E-state index in [1.165, 1.54) is 17.5 Å². The number of para-hydroxylation sites is 1. The average Bonchev–Trinajstić information content (AvgIpc) is 3.36. The lowest BCUT2D eigenvalue weighted by Gasteiger charge is -2.17. The molecule has 0 aliphatic carbocycles. The molecule has 10 heteroatoms. The van der Waals surface area contributed by atoms with Crippen LogP contribution < -0.4 is 26.7 Å². The van der Waals surface area contributed by atoms with E-state index in [0.29, 0.717) is 29.5 Å². The Labute approximate surface area is 220 Å². The minimum Gasteiger partial charge on any atom is -0.761 e. The van der Waals surface area contributed by atoms with Gasteiger partial charge in [-0.25, -0.2) is 0 Å². The topological polar surface area (TPSA) is 116 Å². The van der Waals surface area contributed by atoms with Gasteiger partial charge in [0.2, 0.25) is 0 Å². The first-order chi connectivity index (χ1) is 18.0. The van der Waals surface area contributed by atoms with Crippen molar-refractivity contribution in [2.24, 2.45) is 0 Å². The molecule has 0 aliphatic rings. The number of nitrogens with zero attached hydrogens (tertiary/aromatic N) is 2. The van der Waals surface area contributed by atoms with Gasteiger partial charge in [0, 0.05) is 48.8 Å². The van der Waals surface area contributed by atoms with Gasteiger partial charge in [0.15, 0.2) is 0 Å². The average molecular weight is 517 g/mol. The maximum atomic E-state index is 13.1. The lowest BCUT2D eigenvalue weighted by atomic mass is 10.1. The molecule has 192 valence electrons. The molecule has 4 rings (SSSR count). The molecule has 9 nitrogen and oxygen atoms in total. The molecule has 2 aromatic heterocycles. The van der Waals surface area contributed by atoms with E-state index in [4.69, 9.17) is 0 Å². The Balaban J connectivity index is 1.40. The van der Waals surface area contributed by atoms with E-state index in [0.717, 1.165) is 34.4 Å². The summed E-state index contributed by atoms with van der Waals surface area (Å²) in [6.45, 7) is 2.04. The molecule has 37 heavy (non-hydrogen) atoms. The van der Waals surface area contributed by atoms with Crippen molar-refractivity contribution in [1.29, 1.82) is 0 Å². The van der Waals surface area contributed by atoms with E-state index >= 15 is 0 Å². The van der Waals surface area contributed by atoms with Crippen LogP contribution in [0.1, 0.15) is 15.2 Å². The number of benzene rings is 2. The van der Waals surface area contributed by atoms with Crippen LogP contribution in [0.25, 0.3) is 10.9 Å². The summed E-state index contributed by atoms with van der Waals surface area (Å²) in [5.41, 5.74) is 5.99. The number of hydrogen-bond acceptors (Lipinski definition) is 9. The predicted molar refractivity (Wildman–Crippen MR) is 153 cm³/mol. The van der Waals surface area contributed by atoms with Gasteiger partial charge in [-0.1, -0.05) is 24.3 Å². The minimum absolute atomic E-state index is 0.199. The summed E-state index contributed by atoms with van der Waals surface area (Å²) in [5.74, 6) is 0.337. The highest BCUT2D eigenvalue weighted by Gasteiger charge is 2.14. The van der Waals surface area contributed by atoms with E-state index in [1.54, 1.807) is 11.7 Å². The first kappa shape index (κ1) is 26.0. The normalized spacial score (nSPS) is 11.4. The number of rotatable bonds is 12. The van der Waals surface area contributed by atoms with Gasteiger partial charge in [-0.3, -0.25) is 9.78 Å². The number of carbonyl (C=O) groups excluding carboxylic acids is 1. The summed E-state index contributed by atoms with van der Waals surface area (Å²) in [6, 6.07) is 19.2. The molecule has 0 atom stereocenters. The Morgan fingerprint density at radius 3 is 2.68 bits per heavy atom. The van der Waals surface area contributed by atoms with E-state index in [-0.39, 0.29) is 5.91 Å². The minimum atomic E-state index is -0.199. The van der Waals surface area contributed by atoms with Crippen LogP contribution in [0.15, 0.2) is 84.3 Å². The standard InChI is InChI=1S/C27H30N7O2S/c1-34(2)14-13-29-25(18-31-36)32-20-6-5-7-21(16-20)33-27(35)26-24(11-15-37-26)30-17-19-10-12-28-23-9-4-3-8-22(19)23/h3-12,15-16,18,29-32H,13-14,17H2,1-2H3,(H,33,35)/q-1/b25-18+. The van der Waals surface area contributed by atoms with Gasteiger partial charge >= 0.3 is 0 Å². The summed E-state index contributed by atoms with van der Waals surface area (Å²) in [6.07, 6.45) is 3.11. The number of likely N-dealkylation sites (N-methyl/N-ethyl adjacent to an activating group) is 1. The molecule has 0 radical (unpaired) electrons. The smallest absolute Gasteiger partial charge is 0.267 e. The summed E-state index contributed by atoms with van der Waals surface area (Å²) >= 11 is 1.38. The van der Waals surface area contributed by atoms with Crippen LogP contribution in [0.4, 0.5) is 17.1 Å². The number of aromatic nitrogens is 1. The lowest BCUT2D eigenvalue weighted by molar-refractivity contribution is 0.103. The highest BCUT2D eigenvalue weighted by atomic mass is 32.1. The van der Waals surface area contributed by atoms with Gasteiger partial charge in [0.1, 0.15) is 10.7 Å². The molecular weight excluding hydrogens is 486 g/mol. The Kier molecular flexibility index (Phi) is 8.93. The van der Waals surface area contributed by atoms with Crippen LogP contribution in [-0.4, -0.2) is 43.0 Å². The Bertz CT molecular complexity index is 1360. The first-order valence-corrected chi connectivity index (χ1v) is 12.7. The van der Waals surface area contributed by atoms with Crippen molar-refractivity contribution >= 4 is 45.2 Å². The third-order valence-electron chi connectivity index (χ3n) is 5.56. The van der Waals surface area contributed by atoms with E-state index in [9.17, 15) is 10.0 Å². The SMILES string of the molecule is CN(C)CCN/C(=C\N[O-])Nc1cccc(NC(=O)c2sccc2NCc2ccnc3ccccc23)c1. The van der Waals surface area contributed by atoms with Gasteiger partial charge in [0.25, 0.3) is 5.91 Å². The second-order valence-electron chi connectivity index (χ2n) is 8.57.